The number of anilines is 1. The van der Waals surface area contributed by atoms with Gasteiger partial charge in [-0.3, -0.25) is 14.2 Å². The summed E-state index contributed by atoms with van der Waals surface area (Å²) in [6.07, 6.45) is 0.796. The van der Waals surface area contributed by atoms with Crippen molar-refractivity contribution in [2.24, 2.45) is 0 Å². The van der Waals surface area contributed by atoms with Crippen LogP contribution in [0, 0.1) is 0 Å². The lowest BCUT2D eigenvalue weighted by Crippen LogP contribution is -2.26. The number of fused-ring (bicyclic) bond motifs is 1. The zero-order valence-electron chi connectivity index (χ0n) is 16.7. The first kappa shape index (κ1) is 21.2. The van der Waals surface area contributed by atoms with Gasteiger partial charge in [-0.15, -0.1) is 11.3 Å². The predicted molar refractivity (Wildman–Crippen MR) is 118 cm³/mol. The average molecular weight is 434 g/mol. The number of hydrogen-bond donors (Lipinski definition) is 1. The number of methoxy groups -OCH3 is 2. The zero-order valence-corrected chi connectivity index (χ0v) is 18.4. The number of thioether (sulfide) groups is 1. The maximum atomic E-state index is 12.9. The Morgan fingerprint density at radius 3 is 2.72 bits per heavy atom. The molecule has 2 heterocycles. The Morgan fingerprint density at radius 2 is 2.03 bits per heavy atom. The molecular weight excluding hydrogens is 410 g/mol. The minimum absolute atomic E-state index is 0.00193. The van der Waals surface area contributed by atoms with Gasteiger partial charge in [0.05, 0.1) is 25.5 Å². The van der Waals surface area contributed by atoms with Crippen molar-refractivity contribution in [2.75, 3.05) is 25.3 Å². The van der Waals surface area contributed by atoms with Crippen LogP contribution in [-0.4, -0.2) is 35.4 Å². The molecule has 0 bridgehead atoms. The van der Waals surface area contributed by atoms with Crippen molar-refractivity contribution in [3.63, 3.8) is 0 Å². The van der Waals surface area contributed by atoms with Crippen molar-refractivity contribution in [1.82, 2.24) is 9.55 Å². The van der Waals surface area contributed by atoms with Gasteiger partial charge in [-0.05, 0) is 36.9 Å². The summed E-state index contributed by atoms with van der Waals surface area (Å²) in [6, 6.07) is 7.00. The van der Waals surface area contributed by atoms with Crippen LogP contribution in [0.5, 0.6) is 11.5 Å². The second-order valence-corrected chi connectivity index (χ2v) is 8.23. The van der Waals surface area contributed by atoms with Crippen molar-refractivity contribution in [1.29, 1.82) is 0 Å². The van der Waals surface area contributed by atoms with Gasteiger partial charge in [-0.25, -0.2) is 4.98 Å². The fourth-order valence-electron chi connectivity index (χ4n) is 2.82. The zero-order chi connectivity index (χ0) is 21.0. The second-order valence-electron chi connectivity index (χ2n) is 6.37. The molecule has 0 aliphatic heterocycles. The monoisotopic (exact) mass is 433 g/mol. The lowest BCUT2D eigenvalue weighted by atomic mass is 10.2. The lowest BCUT2D eigenvalue weighted by Gasteiger charge is -2.17. The number of thiophene rings is 1. The van der Waals surface area contributed by atoms with E-state index in [1.807, 2.05) is 25.3 Å². The summed E-state index contributed by atoms with van der Waals surface area (Å²) in [5.74, 6) is 1.06. The highest BCUT2D eigenvalue weighted by Crippen LogP contribution is 2.30. The molecule has 1 N–H and O–H groups in total. The van der Waals surface area contributed by atoms with E-state index in [-0.39, 0.29) is 23.3 Å². The Bertz CT molecular complexity index is 1080. The molecule has 29 heavy (non-hydrogen) atoms. The molecule has 2 aromatic heterocycles. The molecule has 3 aromatic rings. The first-order valence-corrected chi connectivity index (χ1v) is 11.0. The van der Waals surface area contributed by atoms with E-state index in [9.17, 15) is 9.59 Å². The van der Waals surface area contributed by atoms with Gasteiger partial charge in [0.25, 0.3) is 5.56 Å². The highest BCUT2D eigenvalue weighted by atomic mass is 32.2. The number of amides is 1. The number of nitrogens with one attached hydrogen (secondary N) is 1. The standard InChI is InChI=1S/C20H23N3O4S2/c1-5-12(2)23-19(25)18-14(8-9-28-18)22-20(23)29-11-17(24)21-13-6-7-15(26-3)16(10-13)27-4/h6-10,12H,5,11H2,1-4H3,(H,21,24)/t12-/m1/s1. The van der Waals surface area contributed by atoms with Crippen LogP contribution < -0.4 is 20.3 Å². The Hall–Kier alpha value is -2.52. The third-order valence-corrected chi connectivity index (χ3v) is 6.36. The third kappa shape index (κ3) is 4.56. The highest BCUT2D eigenvalue weighted by molar-refractivity contribution is 7.99. The van der Waals surface area contributed by atoms with Gasteiger partial charge in [-0.2, -0.15) is 0 Å². The van der Waals surface area contributed by atoms with Crippen molar-refractivity contribution in [2.45, 2.75) is 31.5 Å². The summed E-state index contributed by atoms with van der Waals surface area (Å²) in [7, 11) is 3.10. The van der Waals surface area contributed by atoms with E-state index in [1.54, 1.807) is 37.0 Å². The summed E-state index contributed by atoms with van der Waals surface area (Å²) >= 11 is 2.65. The molecule has 0 spiro atoms. The molecule has 9 heteroatoms. The molecule has 1 aromatic carbocycles. The molecule has 0 aliphatic rings. The van der Waals surface area contributed by atoms with E-state index in [2.05, 4.69) is 10.3 Å². The molecule has 0 radical (unpaired) electrons. The summed E-state index contributed by atoms with van der Waals surface area (Å²) in [6.45, 7) is 4.00. The summed E-state index contributed by atoms with van der Waals surface area (Å²) < 4.78 is 12.8. The Labute approximate surface area is 177 Å². The molecule has 1 amide bonds. The van der Waals surface area contributed by atoms with E-state index < -0.39 is 0 Å². The Kier molecular flexibility index (Phi) is 6.81. The second kappa shape index (κ2) is 9.32. The highest BCUT2D eigenvalue weighted by Gasteiger charge is 2.17. The summed E-state index contributed by atoms with van der Waals surface area (Å²) in [4.78, 5) is 30.0. The van der Waals surface area contributed by atoms with Crippen LogP contribution in [0.15, 0.2) is 39.6 Å². The van der Waals surface area contributed by atoms with Crippen molar-refractivity contribution in [3.05, 3.63) is 40.0 Å². The lowest BCUT2D eigenvalue weighted by molar-refractivity contribution is -0.113. The first-order chi connectivity index (χ1) is 14.0. The fraction of sp³-hybridized carbons (Fsp3) is 0.350. The van der Waals surface area contributed by atoms with Crippen LogP contribution in [0.1, 0.15) is 26.3 Å². The van der Waals surface area contributed by atoms with Crippen molar-refractivity contribution >= 4 is 44.9 Å². The predicted octanol–water partition coefficient (Wildman–Crippen LogP) is 4.18. The van der Waals surface area contributed by atoms with E-state index in [1.165, 1.54) is 23.1 Å². The van der Waals surface area contributed by atoms with E-state index in [0.29, 0.717) is 32.6 Å². The van der Waals surface area contributed by atoms with Gasteiger partial charge < -0.3 is 14.8 Å². The smallest absolute Gasteiger partial charge is 0.272 e. The van der Waals surface area contributed by atoms with Crippen molar-refractivity contribution in [3.8, 4) is 11.5 Å². The number of aromatic nitrogens is 2. The topological polar surface area (TPSA) is 82.5 Å². The van der Waals surface area contributed by atoms with Gasteiger partial charge in [0.15, 0.2) is 16.7 Å². The summed E-state index contributed by atoms with van der Waals surface area (Å²) in [5.41, 5.74) is 1.22. The number of carbonyl (C=O) groups excluding carboxylic acids is 1. The van der Waals surface area contributed by atoms with E-state index >= 15 is 0 Å². The van der Waals surface area contributed by atoms with Gasteiger partial charge in [0, 0.05) is 17.8 Å². The number of benzene rings is 1. The number of nitrogens with zero attached hydrogens (tertiary/aromatic N) is 2. The molecule has 1 atom stereocenters. The number of carbonyl (C=O) groups is 1. The van der Waals surface area contributed by atoms with Crippen LogP contribution in [0.4, 0.5) is 5.69 Å². The molecule has 0 unspecified atom stereocenters. The van der Waals surface area contributed by atoms with Crippen LogP contribution >= 0.6 is 23.1 Å². The molecule has 0 saturated carbocycles. The molecule has 0 fully saturated rings. The number of rotatable bonds is 8. The number of hydrogen-bond acceptors (Lipinski definition) is 7. The maximum Gasteiger partial charge on any atom is 0.272 e. The normalized spacial score (nSPS) is 12.0. The third-order valence-electron chi connectivity index (χ3n) is 4.51. The van der Waals surface area contributed by atoms with Gasteiger partial charge in [-0.1, -0.05) is 18.7 Å². The van der Waals surface area contributed by atoms with Crippen LogP contribution in [0.3, 0.4) is 0 Å². The number of ether oxygens (including phenoxy) is 2. The average Bonchev–Trinajstić information content (AvgIpc) is 3.20. The quantitative estimate of drug-likeness (QED) is 0.424. The molecule has 7 nitrogen and oxygen atoms in total. The van der Waals surface area contributed by atoms with Gasteiger partial charge >= 0.3 is 0 Å². The minimum Gasteiger partial charge on any atom is -0.493 e. The minimum atomic E-state index is -0.197. The van der Waals surface area contributed by atoms with Gasteiger partial charge in [0.1, 0.15) is 4.70 Å². The van der Waals surface area contributed by atoms with Crippen LogP contribution in [0.25, 0.3) is 10.2 Å². The molecule has 154 valence electrons. The van der Waals surface area contributed by atoms with Crippen LogP contribution in [0.2, 0.25) is 0 Å². The Morgan fingerprint density at radius 1 is 1.28 bits per heavy atom. The molecule has 0 aliphatic carbocycles. The SMILES string of the molecule is CC[C@@H](C)n1c(SCC(=O)Nc2ccc(OC)c(OC)c2)nc2ccsc2c1=O. The maximum absolute atomic E-state index is 12.9. The van der Waals surface area contributed by atoms with Crippen molar-refractivity contribution < 1.29 is 14.3 Å². The van der Waals surface area contributed by atoms with Crippen LogP contribution in [-0.2, 0) is 4.79 Å². The van der Waals surface area contributed by atoms with Gasteiger partial charge in [0.2, 0.25) is 5.91 Å². The molecular formula is C20H23N3O4S2. The summed E-state index contributed by atoms with van der Waals surface area (Å²) in [5, 5.41) is 5.25. The van der Waals surface area contributed by atoms with E-state index in [4.69, 9.17) is 9.47 Å². The largest absolute Gasteiger partial charge is 0.493 e. The van der Waals surface area contributed by atoms with E-state index in [0.717, 1.165) is 6.42 Å². The Balaban J connectivity index is 1.78. The first-order valence-electron chi connectivity index (χ1n) is 9.12. The fourth-order valence-corrected chi connectivity index (χ4v) is 4.48. The molecule has 0 saturated heterocycles. The molecule has 3 rings (SSSR count).